The minimum absolute atomic E-state index is 0.115. The third-order valence-corrected chi connectivity index (χ3v) is 4.24. The van der Waals surface area contributed by atoms with Crippen molar-refractivity contribution in [1.29, 1.82) is 0 Å². The zero-order valence-electron chi connectivity index (χ0n) is 11.5. The molecule has 1 aromatic heterocycles. The summed E-state index contributed by atoms with van der Waals surface area (Å²) >= 11 is 0. The molecule has 5 nitrogen and oxygen atoms in total. The number of aromatic nitrogens is 3. The van der Waals surface area contributed by atoms with Crippen molar-refractivity contribution in [2.75, 3.05) is 13.1 Å². The minimum Gasteiger partial charge on any atom is -0.336 e. The van der Waals surface area contributed by atoms with Crippen LogP contribution in [-0.4, -0.2) is 38.7 Å². The lowest BCUT2D eigenvalue weighted by Gasteiger charge is -2.29. The second-order valence-electron chi connectivity index (χ2n) is 5.52. The SMILES string of the molecule is O=C(c1nc2n(n1)[C@@H](c1ccccc1F)CC2)N1CCC1. The van der Waals surface area contributed by atoms with E-state index >= 15 is 0 Å². The van der Waals surface area contributed by atoms with Gasteiger partial charge in [-0.2, -0.15) is 0 Å². The molecule has 2 aliphatic heterocycles. The first kappa shape index (κ1) is 12.5. The highest BCUT2D eigenvalue weighted by Crippen LogP contribution is 2.31. The van der Waals surface area contributed by atoms with Gasteiger partial charge in [-0.25, -0.2) is 14.1 Å². The number of hydrogen-bond acceptors (Lipinski definition) is 3. The van der Waals surface area contributed by atoms with Crippen LogP contribution in [0.3, 0.4) is 0 Å². The summed E-state index contributed by atoms with van der Waals surface area (Å²) in [6.45, 7) is 1.55. The van der Waals surface area contributed by atoms with Gasteiger partial charge in [-0.05, 0) is 18.9 Å². The molecule has 1 amide bonds. The maximum absolute atomic E-state index is 14.0. The molecule has 3 heterocycles. The molecule has 0 saturated carbocycles. The topological polar surface area (TPSA) is 51.0 Å². The molecule has 1 saturated heterocycles. The smallest absolute Gasteiger partial charge is 0.293 e. The molecule has 2 aromatic rings. The van der Waals surface area contributed by atoms with Gasteiger partial charge in [0, 0.05) is 25.1 Å². The first-order chi connectivity index (χ1) is 10.2. The molecule has 0 aliphatic carbocycles. The molecule has 0 bridgehead atoms. The summed E-state index contributed by atoms with van der Waals surface area (Å²) < 4.78 is 15.7. The van der Waals surface area contributed by atoms with Crippen molar-refractivity contribution >= 4 is 5.91 Å². The molecular formula is C15H15FN4O. The molecule has 1 fully saturated rings. The highest BCUT2D eigenvalue weighted by Gasteiger charge is 2.32. The molecule has 0 spiro atoms. The largest absolute Gasteiger partial charge is 0.336 e. The van der Waals surface area contributed by atoms with Crippen molar-refractivity contribution in [3.63, 3.8) is 0 Å². The molecular weight excluding hydrogens is 271 g/mol. The second kappa shape index (κ2) is 4.65. The molecule has 0 unspecified atom stereocenters. The summed E-state index contributed by atoms with van der Waals surface area (Å²) in [4.78, 5) is 18.2. The Bertz CT molecular complexity index is 707. The maximum atomic E-state index is 14.0. The zero-order valence-corrected chi connectivity index (χ0v) is 11.5. The predicted molar refractivity (Wildman–Crippen MR) is 73.4 cm³/mol. The fraction of sp³-hybridized carbons (Fsp3) is 0.400. The number of amides is 1. The second-order valence-corrected chi connectivity index (χ2v) is 5.52. The molecule has 1 atom stereocenters. The zero-order chi connectivity index (χ0) is 14.4. The Morgan fingerprint density at radius 2 is 2.10 bits per heavy atom. The Hall–Kier alpha value is -2.24. The summed E-state index contributed by atoms with van der Waals surface area (Å²) in [6.07, 6.45) is 2.53. The lowest BCUT2D eigenvalue weighted by Crippen LogP contribution is -2.42. The summed E-state index contributed by atoms with van der Waals surface area (Å²) in [6, 6.07) is 6.56. The Balaban J connectivity index is 1.67. The van der Waals surface area contributed by atoms with Crippen LogP contribution in [0.2, 0.25) is 0 Å². The number of benzene rings is 1. The number of nitrogens with zero attached hydrogens (tertiary/aromatic N) is 4. The number of rotatable bonds is 2. The van der Waals surface area contributed by atoms with E-state index in [1.807, 2.05) is 6.07 Å². The van der Waals surface area contributed by atoms with Crippen LogP contribution in [0.1, 0.15) is 40.9 Å². The Labute approximate surface area is 121 Å². The van der Waals surface area contributed by atoms with Gasteiger partial charge in [0.1, 0.15) is 11.6 Å². The van der Waals surface area contributed by atoms with E-state index in [9.17, 15) is 9.18 Å². The number of fused-ring (bicyclic) bond motifs is 1. The van der Waals surface area contributed by atoms with Crippen molar-refractivity contribution in [3.8, 4) is 0 Å². The van der Waals surface area contributed by atoms with E-state index in [1.54, 1.807) is 21.7 Å². The molecule has 0 N–H and O–H groups in total. The van der Waals surface area contributed by atoms with Crippen LogP contribution < -0.4 is 0 Å². The summed E-state index contributed by atoms with van der Waals surface area (Å²) in [7, 11) is 0. The van der Waals surface area contributed by atoms with Crippen LogP contribution in [0.15, 0.2) is 24.3 Å². The van der Waals surface area contributed by atoms with E-state index in [0.717, 1.165) is 38.2 Å². The molecule has 2 aliphatic rings. The van der Waals surface area contributed by atoms with Crippen LogP contribution in [0.5, 0.6) is 0 Å². The predicted octanol–water partition coefficient (Wildman–Crippen LogP) is 1.80. The Kier molecular flexibility index (Phi) is 2.77. The maximum Gasteiger partial charge on any atom is 0.293 e. The number of carbonyl (C=O) groups excluding carboxylic acids is 1. The standard InChI is InChI=1S/C15H15FN4O/c16-11-5-2-1-4-10(11)12-6-7-13-17-14(18-20(12)13)15(21)19-8-3-9-19/h1-2,4-5,12H,3,6-9H2/t12-/m1/s1. The fourth-order valence-corrected chi connectivity index (χ4v) is 2.95. The average molecular weight is 286 g/mol. The first-order valence-electron chi connectivity index (χ1n) is 7.23. The van der Waals surface area contributed by atoms with Gasteiger partial charge < -0.3 is 4.90 Å². The highest BCUT2D eigenvalue weighted by atomic mass is 19.1. The molecule has 1 aromatic carbocycles. The molecule has 0 radical (unpaired) electrons. The molecule has 4 rings (SSSR count). The molecule has 108 valence electrons. The minimum atomic E-state index is -0.235. The van der Waals surface area contributed by atoms with Gasteiger partial charge in [-0.15, -0.1) is 5.10 Å². The van der Waals surface area contributed by atoms with Gasteiger partial charge in [-0.1, -0.05) is 18.2 Å². The fourth-order valence-electron chi connectivity index (χ4n) is 2.95. The van der Waals surface area contributed by atoms with E-state index in [2.05, 4.69) is 10.1 Å². The normalized spacial score (nSPS) is 20.2. The van der Waals surface area contributed by atoms with Gasteiger partial charge >= 0.3 is 0 Å². The van der Waals surface area contributed by atoms with Crippen LogP contribution in [0, 0.1) is 5.82 Å². The van der Waals surface area contributed by atoms with Gasteiger partial charge in [0.25, 0.3) is 5.91 Å². The monoisotopic (exact) mass is 286 g/mol. The average Bonchev–Trinajstić information content (AvgIpc) is 2.97. The Morgan fingerprint density at radius 3 is 2.81 bits per heavy atom. The van der Waals surface area contributed by atoms with Crippen LogP contribution in [-0.2, 0) is 6.42 Å². The third kappa shape index (κ3) is 1.93. The van der Waals surface area contributed by atoms with E-state index in [-0.39, 0.29) is 23.6 Å². The van der Waals surface area contributed by atoms with E-state index < -0.39 is 0 Å². The molecule has 6 heteroatoms. The van der Waals surface area contributed by atoms with Gasteiger partial charge in [0.15, 0.2) is 0 Å². The number of aryl methyl sites for hydroxylation is 1. The van der Waals surface area contributed by atoms with Crippen molar-refractivity contribution in [2.45, 2.75) is 25.3 Å². The lowest BCUT2D eigenvalue weighted by atomic mass is 10.0. The van der Waals surface area contributed by atoms with E-state index in [1.165, 1.54) is 6.07 Å². The van der Waals surface area contributed by atoms with Gasteiger partial charge in [0.2, 0.25) is 5.82 Å². The Morgan fingerprint density at radius 1 is 1.29 bits per heavy atom. The quantitative estimate of drug-likeness (QED) is 0.846. The summed E-state index contributed by atoms with van der Waals surface area (Å²) in [5, 5.41) is 4.34. The van der Waals surface area contributed by atoms with Crippen molar-refractivity contribution < 1.29 is 9.18 Å². The number of halogens is 1. The van der Waals surface area contributed by atoms with Crippen LogP contribution >= 0.6 is 0 Å². The van der Waals surface area contributed by atoms with Crippen molar-refractivity contribution in [1.82, 2.24) is 19.7 Å². The number of likely N-dealkylation sites (tertiary alicyclic amines) is 1. The highest BCUT2D eigenvalue weighted by molar-refractivity contribution is 5.90. The third-order valence-electron chi connectivity index (χ3n) is 4.24. The lowest BCUT2D eigenvalue weighted by molar-refractivity contribution is 0.0638. The summed E-state index contributed by atoms with van der Waals surface area (Å²) in [5.74, 6) is 0.662. The summed E-state index contributed by atoms with van der Waals surface area (Å²) in [5.41, 5.74) is 0.615. The van der Waals surface area contributed by atoms with Gasteiger partial charge in [0.05, 0.1) is 6.04 Å². The van der Waals surface area contributed by atoms with Crippen LogP contribution in [0.25, 0.3) is 0 Å². The van der Waals surface area contributed by atoms with Crippen molar-refractivity contribution in [3.05, 3.63) is 47.3 Å². The van der Waals surface area contributed by atoms with E-state index in [4.69, 9.17) is 0 Å². The molecule has 21 heavy (non-hydrogen) atoms. The first-order valence-corrected chi connectivity index (χ1v) is 7.23. The van der Waals surface area contributed by atoms with Gasteiger partial charge in [-0.3, -0.25) is 4.79 Å². The van der Waals surface area contributed by atoms with Crippen LogP contribution in [0.4, 0.5) is 4.39 Å². The number of hydrogen-bond donors (Lipinski definition) is 0. The van der Waals surface area contributed by atoms with Crippen molar-refractivity contribution in [2.24, 2.45) is 0 Å². The van der Waals surface area contributed by atoms with E-state index in [0.29, 0.717) is 5.56 Å². The number of carbonyl (C=O) groups is 1.